The van der Waals surface area contributed by atoms with Crippen LogP contribution in [0.15, 0.2) is 34.7 Å². The highest BCUT2D eigenvalue weighted by atomic mass is 32.2. The minimum atomic E-state index is 0.441. The van der Waals surface area contributed by atoms with Gasteiger partial charge in [-0.25, -0.2) is 15.0 Å². The van der Waals surface area contributed by atoms with E-state index in [-0.39, 0.29) is 0 Å². The molecular formula is C21H29N7S2. The predicted molar refractivity (Wildman–Crippen MR) is 125 cm³/mol. The van der Waals surface area contributed by atoms with Gasteiger partial charge in [-0.1, -0.05) is 26.2 Å². The van der Waals surface area contributed by atoms with E-state index in [1.165, 1.54) is 56.7 Å². The monoisotopic (exact) mass is 443 g/mol. The number of aromatic nitrogens is 4. The molecule has 0 amide bonds. The molecule has 2 N–H and O–H groups in total. The second-order valence-corrected chi connectivity index (χ2v) is 9.54. The lowest BCUT2D eigenvalue weighted by Crippen LogP contribution is -2.39. The second-order valence-electron chi connectivity index (χ2n) is 8.15. The van der Waals surface area contributed by atoms with E-state index in [4.69, 9.17) is 17.2 Å². The maximum absolute atomic E-state index is 5.56. The van der Waals surface area contributed by atoms with Crippen LogP contribution in [0.3, 0.4) is 0 Å². The minimum absolute atomic E-state index is 0.441. The lowest BCUT2D eigenvalue weighted by Gasteiger charge is -2.32. The highest BCUT2D eigenvalue weighted by Gasteiger charge is 2.20. The predicted octanol–water partition coefficient (Wildman–Crippen LogP) is 4.27. The number of thiocarbonyl (C=S) groups is 1. The maximum Gasteiger partial charge on any atom is 0.232 e. The lowest BCUT2D eigenvalue weighted by molar-refractivity contribution is 0.414. The molecule has 1 atom stereocenters. The summed E-state index contributed by atoms with van der Waals surface area (Å²) in [4.78, 5) is 20.4. The smallest absolute Gasteiger partial charge is 0.232 e. The molecule has 0 bridgehead atoms. The highest BCUT2D eigenvalue weighted by molar-refractivity contribution is 7.99. The van der Waals surface area contributed by atoms with Crippen molar-refractivity contribution in [3.05, 3.63) is 24.5 Å². The third kappa shape index (κ3) is 6.01. The van der Waals surface area contributed by atoms with Crippen LogP contribution in [0.2, 0.25) is 0 Å². The first-order chi connectivity index (χ1) is 14.7. The van der Waals surface area contributed by atoms with Gasteiger partial charge in [0.2, 0.25) is 5.95 Å². The summed E-state index contributed by atoms with van der Waals surface area (Å²) in [6, 6.07) is 4.28. The molecule has 2 aromatic rings. The van der Waals surface area contributed by atoms with E-state index in [1.54, 1.807) is 12.4 Å². The van der Waals surface area contributed by atoms with Crippen molar-refractivity contribution in [1.29, 1.82) is 0 Å². The molecule has 1 saturated carbocycles. The number of hydrogen-bond acceptors (Lipinski definition) is 7. The van der Waals surface area contributed by atoms with Gasteiger partial charge in [0, 0.05) is 37.6 Å². The van der Waals surface area contributed by atoms with E-state index in [9.17, 15) is 0 Å². The van der Waals surface area contributed by atoms with Crippen LogP contribution >= 0.6 is 24.0 Å². The van der Waals surface area contributed by atoms with Crippen LogP contribution in [0.25, 0.3) is 0 Å². The average Bonchev–Trinajstić information content (AvgIpc) is 2.75. The van der Waals surface area contributed by atoms with Crippen LogP contribution in [-0.4, -0.2) is 44.2 Å². The molecule has 2 fully saturated rings. The van der Waals surface area contributed by atoms with E-state index >= 15 is 0 Å². The van der Waals surface area contributed by atoms with Gasteiger partial charge in [-0.3, -0.25) is 0 Å². The van der Waals surface area contributed by atoms with Crippen molar-refractivity contribution >= 4 is 40.9 Å². The summed E-state index contributed by atoms with van der Waals surface area (Å²) in [6.07, 6.45) is 12.1. The lowest BCUT2D eigenvalue weighted by atomic mass is 9.96. The fraction of sp³-hybridized carbons (Fsp3) is 0.571. The van der Waals surface area contributed by atoms with Crippen molar-refractivity contribution in [2.24, 2.45) is 5.92 Å². The molecule has 0 aromatic carbocycles. The maximum atomic E-state index is 5.56. The summed E-state index contributed by atoms with van der Waals surface area (Å²) >= 11 is 7.00. The molecule has 1 aliphatic heterocycles. The van der Waals surface area contributed by atoms with Crippen molar-refractivity contribution < 1.29 is 0 Å². The number of rotatable bonds is 5. The van der Waals surface area contributed by atoms with Gasteiger partial charge in [-0.2, -0.15) is 4.98 Å². The van der Waals surface area contributed by atoms with Crippen molar-refractivity contribution in [2.75, 3.05) is 23.3 Å². The van der Waals surface area contributed by atoms with Crippen molar-refractivity contribution in [3.63, 3.8) is 0 Å². The first-order valence-electron chi connectivity index (χ1n) is 10.8. The SMILES string of the molecule is C[C@@H]1CCCN(c2cc(Sc3ncccn3)nc(NC(=S)NC3CCCCC3)n2)C1. The molecule has 0 unspecified atom stereocenters. The van der Waals surface area contributed by atoms with Crippen LogP contribution in [-0.2, 0) is 0 Å². The van der Waals surface area contributed by atoms with Crippen LogP contribution < -0.4 is 15.5 Å². The summed E-state index contributed by atoms with van der Waals surface area (Å²) in [5.41, 5.74) is 0. The molecule has 7 nitrogen and oxygen atoms in total. The zero-order valence-electron chi connectivity index (χ0n) is 17.4. The first-order valence-corrected chi connectivity index (χ1v) is 12.0. The van der Waals surface area contributed by atoms with Crippen molar-refractivity contribution in [3.8, 4) is 0 Å². The average molecular weight is 444 g/mol. The normalized spacial score (nSPS) is 20.0. The van der Waals surface area contributed by atoms with E-state index in [0.29, 0.717) is 28.2 Å². The molecule has 3 heterocycles. The highest BCUT2D eigenvalue weighted by Crippen LogP contribution is 2.29. The largest absolute Gasteiger partial charge is 0.360 e. The zero-order chi connectivity index (χ0) is 20.8. The van der Waals surface area contributed by atoms with Crippen LogP contribution in [0.5, 0.6) is 0 Å². The van der Waals surface area contributed by atoms with Gasteiger partial charge >= 0.3 is 0 Å². The number of nitrogens with zero attached hydrogens (tertiary/aromatic N) is 5. The molecule has 0 radical (unpaired) electrons. The Hall–Kier alpha value is -2.00. The topological polar surface area (TPSA) is 78.9 Å². The van der Waals surface area contributed by atoms with E-state index in [0.717, 1.165) is 23.9 Å². The van der Waals surface area contributed by atoms with Gasteiger partial charge in [-0.15, -0.1) is 0 Å². The minimum Gasteiger partial charge on any atom is -0.360 e. The molecule has 30 heavy (non-hydrogen) atoms. The van der Waals surface area contributed by atoms with Gasteiger partial charge in [-0.05, 0) is 61.6 Å². The van der Waals surface area contributed by atoms with E-state index in [2.05, 4.69) is 37.4 Å². The second kappa shape index (κ2) is 10.3. The van der Waals surface area contributed by atoms with Gasteiger partial charge in [0.1, 0.15) is 10.8 Å². The molecule has 160 valence electrons. The Balaban J connectivity index is 1.52. The number of anilines is 2. The fourth-order valence-electron chi connectivity index (χ4n) is 4.08. The molecular weight excluding hydrogens is 414 g/mol. The molecule has 9 heteroatoms. The zero-order valence-corrected chi connectivity index (χ0v) is 19.0. The van der Waals surface area contributed by atoms with Crippen LogP contribution in [0.1, 0.15) is 51.9 Å². The quantitative estimate of drug-likeness (QED) is 0.400. The summed E-state index contributed by atoms with van der Waals surface area (Å²) in [5, 5.41) is 8.74. The first kappa shape index (κ1) is 21.2. The van der Waals surface area contributed by atoms with Gasteiger partial charge in [0.05, 0.1) is 0 Å². The Kier molecular flexibility index (Phi) is 7.33. The number of nitrogens with one attached hydrogen (secondary N) is 2. The van der Waals surface area contributed by atoms with Gasteiger partial charge in [0.15, 0.2) is 10.3 Å². The Bertz CT molecular complexity index is 843. The number of hydrogen-bond donors (Lipinski definition) is 2. The summed E-state index contributed by atoms with van der Waals surface area (Å²) in [7, 11) is 0. The van der Waals surface area contributed by atoms with Crippen molar-refractivity contribution in [1.82, 2.24) is 25.3 Å². The molecule has 2 aromatic heterocycles. The molecule has 2 aliphatic rings. The van der Waals surface area contributed by atoms with E-state index in [1.807, 2.05) is 12.1 Å². The Morgan fingerprint density at radius 1 is 1.10 bits per heavy atom. The van der Waals surface area contributed by atoms with Gasteiger partial charge in [0.25, 0.3) is 0 Å². The molecule has 4 rings (SSSR count). The van der Waals surface area contributed by atoms with Gasteiger partial charge < -0.3 is 15.5 Å². The van der Waals surface area contributed by atoms with Crippen LogP contribution in [0, 0.1) is 5.92 Å². The molecule has 0 spiro atoms. The summed E-state index contributed by atoms with van der Waals surface area (Å²) in [5.74, 6) is 2.11. The summed E-state index contributed by atoms with van der Waals surface area (Å²) in [6.45, 7) is 4.31. The third-order valence-corrected chi connectivity index (χ3v) is 6.61. The fourth-order valence-corrected chi connectivity index (χ4v) is 5.05. The van der Waals surface area contributed by atoms with E-state index < -0.39 is 0 Å². The Labute approximate surface area is 187 Å². The number of piperidine rings is 1. The van der Waals surface area contributed by atoms with Crippen molar-refractivity contribution in [2.45, 2.75) is 68.1 Å². The molecule has 1 aliphatic carbocycles. The third-order valence-electron chi connectivity index (χ3n) is 5.57. The molecule has 1 saturated heterocycles. The van der Waals surface area contributed by atoms with Crippen LogP contribution in [0.4, 0.5) is 11.8 Å². The summed E-state index contributed by atoms with van der Waals surface area (Å²) < 4.78 is 0. The standard InChI is InChI=1S/C21H29N7S2/c1-15-7-5-12-28(14-15)17-13-18(30-21-22-10-6-11-23-21)26-19(25-17)27-20(29)24-16-8-3-2-4-9-16/h6,10-11,13,15-16H,2-5,7-9,12,14H2,1H3,(H2,24,25,26,27,29)/t15-/m1/s1. The Morgan fingerprint density at radius 3 is 2.67 bits per heavy atom. The Morgan fingerprint density at radius 2 is 1.90 bits per heavy atom.